The third kappa shape index (κ3) is 4.34. The number of ether oxygens (including phenoxy) is 2. The largest absolute Gasteiger partial charge is 0.492 e. The minimum atomic E-state index is -0.597. The summed E-state index contributed by atoms with van der Waals surface area (Å²) in [5.41, 5.74) is 1.12. The maximum atomic E-state index is 12.1. The van der Waals surface area contributed by atoms with Crippen molar-refractivity contribution in [1.82, 2.24) is 14.8 Å². The number of aromatic nitrogens is 3. The molecule has 7 heteroatoms. The van der Waals surface area contributed by atoms with Gasteiger partial charge < -0.3 is 9.47 Å². The van der Waals surface area contributed by atoms with Gasteiger partial charge in [0.05, 0.1) is 30.4 Å². The van der Waals surface area contributed by atoms with E-state index in [2.05, 4.69) is 22.0 Å². The van der Waals surface area contributed by atoms with Crippen LogP contribution in [-0.2, 0) is 9.47 Å². The molecule has 2 rings (SSSR count). The average molecular weight is 330 g/mol. The molecule has 0 aliphatic heterocycles. The lowest BCUT2D eigenvalue weighted by Gasteiger charge is -2.20. The van der Waals surface area contributed by atoms with Crippen LogP contribution in [0.5, 0.6) is 0 Å². The number of anilines is 1. The van der Waals surface area contributed by atoms with Gasteiger partial charge in [-0.2, -0.15) is 5.10 Å². The molecule has 0 aromatic carbocycles. The van der Waals surface area contributed by atoms with Crippen molar-refractivity contribution >= 4 is 17.5 Å². The van der Waals surface area contributed by atoms with Crippen LogP contribution in [0.4, 0.5) is 10.5 Å². The monoisotopic (exact) mass is 330 g/mol. The number of carbonyl (C=O) groups is 1. The van der Waals surface area contributed by atoms with E-state index in [0.29, 0.717) is 23.7 Å². The minimum absolute atomic E-state index is 0.393. The van der Waals surface area contributed by atoms with Gasteiger partial charge in [0.25, 0.3) is 0 Å². The van der Waals surface area contributed by atoms with E-state index in [9.17, 15) is 4.79 Å². The average Bonchev–Trinajstić information content (AvgIpc) is 2.90. The second kappa shape index (κ2) is 7.16. The number of hydrogen-bond acceptors (Lipinski definition) is 5. The number of nitrogens with one attached hydrogen (secondary N) is 1. The molecule has 0 unspecified atom stereocenters. The molecule has 0 saturated carbocycles. The Balaban J connectivity index is 2.36. The predicted octanol–water partition coefficient (Wildman–Crippen LogP) is 3.62. The molecule has 0 atom stereocenters. The van der Waals surface area contributed by atoms with Crippen molar-refractivity contribution < 1.29 is 14.3 Å². The predicted molar refractivity (Wildman–Crippen MR) is 91.9 cm³/mol. The summed E-state index contributed by atoms with van der Waals surface area (Å²) in [5, 5.41) is 7.00. The van der Waals surface area contributed by atoms with Gasteiger partial charge in [0.1, 0.15) is 17.1 Å². The summed E-state index contributed by atoms with van der Waals surface area (Å²) in [6.07, 6.45) is 4.28. The Labute approximate surface area is 141 Å². The fraction of sp³-hybridized carbons (Fsp3) is 0.353. The molecule has 0 saturated heterocycles. The quantitative estimate of drug-likeness (QED) is 0.847. The second-order valence-corrected chi connectivity index (χ2v) is 6.01. The zero-order chi connectivity index (χ0) is 17.7. The number of nitrogens with zero attached hydrogens (tertiary/aromatic N) is 3. The summed E-state index contributed by atoms with van der Waals surface area (Å²) in [7, 11) is 0. The Bertz CT molecular complexity index is 717. The van der Waals surface area contributed by atoms with E-state index < -0.39 is 11.7 Å². The van der Waals surface area contributed by atoms with Gasteiger partial charge in [-0.1, -0.05) is 6.58 Å². The number of pyridine rings is 1. The van der Waals surface area contributed by atoms with Gasteiger partial charge in [0.15, 0.2) is 0 Å². The summed E-state index contributed by atoms with van der Waals surface area (Å²) in [6.45, 7) is 11.6. The van der Waals surface area contributed by atoms with Crippen LogP contribution in [-0.4, -0.2) is 33.1 Å². The van der Waals surface area contributed by atoms with Crippen LogP contribution in [0.3, 0.4) is 0 Å². The fourth-order valence-corrected chi connectivity index (χ4v) is 2.04. The first-order valence-corrected chi connectivity index (χ1v) is 7.62. The molecule has 24 heavy (non-hydrogen) atoms. The highest BCUT2D eigenvalue weighted by atomic mass is 16.6. The van der Waals surface area contributed by atoms with Crippen LogP contribution >= 0.6 is 0 Å². The van der Waals surface area contributed by atoms with E-state index in [0.717, 1.165) is 5.69 Å². The lowest BCUT2D eigenvalue weighted by atomic mass is 10.2. The lowest BCUT2D eigenvalue weighted by molar-refractivity contribution is 0.0636. The van der Waals surface area contributed by atoms with Crippen molar-refractivity contribution in [2.45, 2.75) is 33.3 Å². The van der Waals surface area contributed by atoms with Crippen LogP contribution in [0.25, 0.3) is 11.4 Å². The molecule has 1 N–H and O–H groups in total. The van der Waals surface area contributed by atoms with Crippen molar-refractivity contribution in [1.29, 1.82) is 0 Å². The maximum Gasteiger partial charge on any atom is 0.412 e. The highest BCUT2D eigenvalue weighted by Gasteiger charge is 2.21. The molecule has 2 aromatic heterocycles. The molecule has 1 amide bonds. The van der Waals surface area contributed by atoms with E-state index in [-0.39, 0.29) is 0 Å². The Hall–Kier alpha value is -2.83. The molecule has 0 radical (unpaired) electrons. The van der Waals surface area contributed by atoms with Crippen molar-refractivity contribution in [3.8, 4) is 5.69 Å². The molecule has 128 valence electrons. The van der Waals surface area contributed by atoms with Gasteiger partial charge in [-0.25, -0.2) is 9.48 Å². The van der Waals surface area contributed by atoms with Gasteiger partial charge in [0, 0.05) is 6.20 Å². The highest BCUT2D eigenvalue weighted by Crippen LogP contribution is 2.26. The highest BCUT2D eigenvalue weighted by molar-refractivity contribution is 5.88. The van der Waals surface area contributed by atoms with E-state index in [1.807, 2.05) is 13.0 Å². The maximum absolute atomic E-state index is 12.1. The molecule has 0 bridgehead atoms. The summed E-state index contributed by atoms with van der Waals surface area (Å²) in [4.78, 5) is 16.1. The lowest BCUT2D eigenvalue weighted by Crippen LogP contribution is -2.27. The van der Waals surface area contributed by atoms with Crippen LogP contribution in [0.15, 0.2) is 37.3 Å². The number of rotatable bonds is 5. The fourth-order valence-electron chi connectivity index (χ4n) is 2.04. The van der Waals surface area contributed by atoms with Crippen molar-refractivity contribution in [2.24, 2.45) is 0 Å². The second-order valence-electron chi connectivity index (χ2n) is 6.01. The van der Waals surface area contributed by atoms with Crippen LogP contribution in [0, 0.1) is 0 Å². The van der Waals surface area contributed by atoms with Crippen molar-refractivity contribution in [2.75, 3.05) is 11.9 Å². The first-order valence-electron chi connectivity index (χ1n) is 7.62. The van der Waals surface area contributed by atoms with Crippen molar-refractivity contribution in [3.05, 3.63) is 43.0 Å². The number of carbonyl (C=O) groups excluding carboxylic acids is 1. The SMILES string of the molecule is C=C(OCC)c1c(NC(=O)OC(C)(C)C)cnn1-c1cccnc1. The topological polar surface area (TPSA) is 78.3 Å². The molecular weight excluding hydrogens is 308 g/mol. The Morgan fingerprint density at radius 3 is 2.71 bits per heavy atom. The Morgan fingerprint density at radius 2 is 2.12 bits per heavy atom. The van der Waals surface area contributed by atoms with E-state index in [1.165, 1.54) is 6.20 Å². The number of amides is 1. The standard InChI is InChI=1S/C17H22N4O3/c1-6-23-12(2)15-14(20-16(22)24-17(3,4)5)11-19-21(15)13-8-7-9-18-10-13/h7-11H,2,6H2,1,3-5H3,(H,20,22). The van der Waals surface area contributed by atoms with Crippen molar-refractivity contribution in [3.63, 3.8) is 0 Å². The smallest absolute Gasteiger partial charge is 0.412 e. The molecule has 2 heterocycles. The van der Waals surface area contributed by atoms with E-state index in [1.54, 1.807) is 43.9 Å². The first kappa shape index (κ1) is 17.5. The van der Waals surface area contributed by atoms with Gasteiger partial charge in [0.2, 0.25) is 0 Å². The molecule has 0 aliphatic carbocycles. The normalized spacial score (nSPS) is 11.0. The molecule has 0 spiro atoms. The summed E-state index contributed by atoms with van der Waals surface area (Å²) >= 11 is 0. The third-order valence-electron chi connectivity index (χ3n) is 2.88. The Kier molecular flexibility index (Phi) is 5.23. The van der Waals surface area contributed by atoms with E-state index in [4.69, 9.17) is 9.47 Å². The molecular formula is C17H22N4O3. The molecule has 7 nitrogen and oxygen atoms in total. The first-order chi connectivity index (χ1) is 11.3. The zero-order valence-electron chi connectivity index (χ0n) is 14.4. The molecule has 0 fully saturated rings. The van der Waals surface area contributed by atoms with Gasteiger partial charge in [-0.3, -0.25) is 10.3 Å². The van der Waals surface area contributed by atoms with Crippen LogP contribution in [0.2, 0.25) is 0 Å². The molecule has 2 aromatic rings. The van der Waals surface area contributed by atoms with E-state index >= 15 is 0 Å². The van der Waals surface area contributed by atoms with Gasteiger partial charge >= 0.3 is 6.09 Å². The van der Waals surface area contributed by atoms with Crippen LogP contribution in [0.1, 0.15) is 33.4 Å². The van der Waals surface area contributed by atoms with Gasteiger partial charge in [-0.05, 0) is 39.8 Å². The summed E-state index contributed by atoms with van der Waals surface area (Å²) in [5.74, 6) is 0.393. The Morgan fingerprint density at radius 1 is 1.38 bits per heavy atom. The minimum Gasteiger partial charge on any atom is -0.492 e. The molecule has 0 aliphatic rings. The summed E-state index contributed by atoms with van der Waals surface area (Å²) < 4.78 is 12.4. The summed E-state index contributed by atoms with van der Waals surface area (Å²) in [6, 6.07) is 3.64. The third-order valence-corrected chi connectivity index (χ3v) is 2.88. The number of hydrogen-bond donors (Lipinski definition) is 1. The van der Waals surface area contributed by atoms with Crippen LogP contribution < -0.4 is 5.32 Å². The zero-order valence-corrected chi connectivity index (χ0v) is 14.4. The van der Waals surface area contributed by atoms with Gasteiger partial charge in [-0.15, -0.1) is 0 Å².